The minimum atomic E-state index is -0.282. The molecule has 0 bridgehead atoms. The van der Waals surface area contributed by atoms with Gasteiger partial charge >= 0.3 is 0 Å². The normalized spacial score (nSPS) is 16.0. The summed E-state index contributed by atoms with van der Waals surface area (Å²) >= 11 is 7.02. The Morgan fingerprint density at radius 3 is 2.88 bits per heavy atom. The second kappa shape index (κ2) is 5.79. The molecule has 2 aromatic heterocycles. The van der Waals surface area contributed by atoms with Crippen molar-refractivity contribution in [3.05, 3.63) is 49.8 Å². The average molecular weight is 374 g/mol. The van der Waals surface area contributed by atoms with Crippen LogP contribution in [0.3, 0.4) is 0 Å². The van der Waals surface area contributed by atoms with Gasteiger partial charge in [-0.05, 0) is 43.8 Å². The number of fused-ring (bicyclic) bond motifs is 3. The number of methoxy groups -OCH3 is 1. The van der Waals surface area contributed by atoms with E-state index in [4.69, 9.17) is 21.7 Å². The van der Waals surface area contributed by atoms with Crippen LogP contribution in [0.15, 0.2) is 29.1 Å². The lowest BCUT2D eigenvalue weighted by molar-refractivity contribution is -0.0379. The molecule has 25 heavy (non-hydrogen) atoms. The molecule has 130 valence electrons. The summed E-state index contributed by atoms with van der Waals surface area (Å²) < 4.78 is 13.2. The van der Waals surface area contributed by atoms with Crippen molar-refractivity contribution in [2.75, 3.05) is 7.11 Å². The number of benzene rings is 1. The third-order valence-corrected chi connectivity index (χ3v) is 5.86. The molecule has 5 nitrogen and oxygen atoms in total. The first-order valence-corrected chi connectivity index (χ1v) is 9.21. The first-order valence-electron chi connectivity index (χ1n) is 7.98. The van der Waals surface area contributed by atoms with Gasteiger partial charge < -0.3 is 14.5 Å². The van der Waals surface area contributed by atoms with E-state index in [0.29, 0.717) is 34.6 Å². The van der Waals surface area contributed by atoms with Crippen molar-refractivity contribution in [1.82, 2.24) is 9.55 Å². The first-order chi connectivity index (χ1) is 11.9. The number of para-hydroxylation sites is 2. The first kappa shape index (κ1) is 16.5. The van der Waals surface area contributed by atoms with E-state index in [1.165, 1.54) is 4.57 Å². The van der Waals surface area contributed by atoms with Gasteiger partial charge in [0.1, 0.15) is 10.6 Å². The molecule has 4 rings (SSSR count). The lowest BCUT2D eigenvalue weighted by Gasteiger charge is -2.29. The number of hydrogen-bond donors (Lipinski definition) is 1. The van der Waals surface area contributed by atoms with E-state index in [9.17, 15) is 4.79 Å². The summed E-state index contributed by atoms with van der Waals surface area (Å²) in [5.41, 5.74) is 1.31. The maximum Gasteiger partial charge on any atom is 0.268 e. The summed E-state index contributed by atoms with van der Waals surface area (Å²) in [7, 11) is 1.58. The molecule has 0 saturated carbocycles. The van der Waals surface area contributed by atoms with Crippen LogP contribution >= 0.6 is 23.6 Å². The van der Waals surface area contributed by atoms with Gasteiger partial charge in [0.25, 0.3) is 5.56 Å². The van der Waals surface area contributed by atoms with E-state index in [1.54, 1.807) is 18.4 Å². The standard InChI is InChI=1S/C18H18N2O3S2/c1-18(2)8-10-13(9-23-18)25-15-14(10)16(21)20(17(24)19-15)11-6-4-5-7-12(11)22-3/h4-7H,8-9H2,1-3H3,(H,19,24). The van der Waals surface area contributed by atoms with Crippen molar-refractivity contribution >= 4 is 33.8 Å². The smallest absolute Gasteiger partial charge is 0.268 e. The zero-order chi connectivity index (χ0) is 17.8. The SMILES string of the molecule is COc1ccccc1-n1c(=S)[nH]c2sc3c(c2c1=O)CC(C)(C)OC3. The number of ether oxygens (including phenoxy) is 2. The van der Waals surface area contributed by atoms with Crippen LogP contribution in [0.4, 0.5) is 0 Å². The number of thiophene rings is 1. The second-order valence-electron chi connectivity index (χ2n) is 6.68. The Balaban J connectivity index is 2.05. The van der Waals surface area contributed by atoms with Crippen LogP contribution in [-0.4, -0.2) is 22.3 Å². The molecule has 7 heteroatoms. The van der Waals surface area contributed by atoms with E-state index in [0.717, 1.165) is 15.3 Å². The highest BCUT2D eigenvalue weighted by molar-refractivity contribution is 7.71. The van der Waals surface area contributed by atoms with Crippen molar-refractivity contribution in [2.45, 2.75) is 32.5 Å². The number of H-pyrrole nitrogens is 1. The predicted octanol–water partition coefficient (Wildman–Crippen LogP) is 3.97. The number of nitrogens with one attached hydrogen (secondary N) is 1. The van der Waals surface area contributed by atoms with Crippen molar-refractivity contribution in [3.63, 3.8) is 0 Å². The monoisotopic (exact) mass is 374 g/mol. The molecule has 1 N–H and O–H groups in total. The van der Waals surface area contributed by atoms with Gasteiger partial charge in [0.05, 0.1) is 30.4 Å². The maximum atomic E-state index is 13.3. The largest absolute Gasteiger partial charge is 0.495 e. The summed E-state index contributed by atoms with van der Waals surface area (Å²) in [6, 6.07) is 7.39. The number of hydrogen-bond acceptors (Lipinski definition) is 5. The molecule has 0 amide bonds. The molecule has 3 heterocycles. The van der Waals surface area contributed by atoms with Crippen molar-refractivity contribution in [3.8, 4) is 11.4 Å². The number of nitrogens with zero attached hydrogens (tertiary/aromatic N) is 1. The third kappa shape index (κ3) is 2.63. The van der Waals surface area contributed by atoms with Crippen molar-refractivity contribution in [1.29, 1.82) is 0 Å². The number of rotatable bonds is 2. The van der Waals surface area contributed by atoms with Crippen LogP contribution in [0.1, 0.15) is 24.3 Å². The topological polar surface area (TPSA) is 56.2 Å². The molecule has 0 fully saturated rings. The van der Waals surface area contributed by atoms with Gasteiger partial charge in [0.15, 0.2) is 4.77 Å². The average Bonchev–Trinajstić information content (AvgIpc) is 2.91. The number of aromatic amines is 1. The lowest BCUT2D eigenvalue weighted by Crippen LogP contribution is -2.32. The Morgan fingerprint density at radius 2 is 2.12 bits per heavy atom. The van der Waals surface area contributed by atoms with Crippen LogP contribution in [0.2, 0.25) is 0 Å². The zero-order valence-electron chi connectivity index (χ0n) is 14.2. The third-order valence-electron chi connectivity index (χ3n) is 4.45. The van der Waals surface area contributed by atoms with Gasteiger partial charge in [0, 0.05) is 11.3 Å². The van der Waals surface area contributed by atoms with Crippen LogP contribution in [-0.2, 0) is 17.8 Å². The Kier molecular flexibility index (Phi) is 3.82. The zero-order valence-corrected chi connectivity index (χ0v) is 15.8. The van der Waals surface area contributed by atoms with Gasteiger partial charge in [-0.25, -0.2) is 4.57 Å². The molecule has 3 aromatic rings. The maximum absolute atomic E-state index is 13.3. The summed E-state index contributed by atoms with van der Waals surface area (Å²) in [4.78, 5) is 18.5. The highest BCUT2D eigenvalue weighted by atomic mass is 32.1. The van der Waals surface area contributed by atoms with E-state index in [2.05, 4.69) is 4.98 Å². The van der Waals surface area contributed by atoms with Crippen molar-refractivity contribution < 1.29 is 9.47 Å². The van der Waals surface area contributed by atoms with E-state index in [-0.39, 0.29) is 11.2 Å². The summed E-state index contributed by atoms with van der Waals surface area (Å²) in [6.45, 7) is 4.61. The second-order valence-corrected chi connectivity index (χ2v) is 8.17. The van der Waals surface area contributed by atoms with Crippen LogP contribution < -0.4 is 10.3 Å². The molecule has 0 saturated heterocycles. The quantitative estimate of drug-likeness (QED) is 0.690. The van der Waals surface area contributed by atoms with Gasteiger partial charge in [-0.1, -0.05) is 12.1 Å². The minimum Gasteiger partial charge on any atom is -0.495 e. The molecular formula is C18H18N2O3S2. The highest BCUT2D eigenvalue weighted by Gasteiger charge is 2.31. The summed E-state index contributed by atoms with van der Waals surface area (Å²) in [5, 5.41) is 0.705. The molecule has 0 aliphatic carbocycles. The minimum absolute atomic E-state index is 0.113. The summed E-state index contributed by atoms with van der Waals surface area (Å²) in [5.74, 6) is 0.608. The molecule has 0 radical (unpaired) electrons. The highest BCUT2D eigenvalue weighted by Crippen LogP contribution is 2.37. The molecule has 0 atom stereocenters. The van der Waals surface area contributed by atoms with Crippen LogP contribution in [0.5, 0.6) is 5.75 Å². The fourth-order valence-electron chi connectivity index (χ4n) is 3.26. The van der Waals surface area contributed by atoms with E-state index < -0.39 is 0 Å². The Labute approximate surface area is 153 Å². The molecule has 1 aromatic carbocycles. The molecular weight excluding hydrogens is 356 g/mol. The molecule has 0 unspecified atom stereocenters. The predicted molar refractivity (Wildman–Crippen MR) is 102 cm³/mol. The van der Waals surface area contributed by atoms with Crippen molar-refractivity contribution in [2.24, 2.45) is 0 Å². The fraction of sp³-hybridized carbons (Fsp3) is 0.333. The summed E-state index contributed by atoms with van der Waals surface area (Å²) in [6.07, 6.45) is 0.702. The van der Waals surface area contributed by atoms with Gasteiger partial charge in [-0.3, -0.25) is 4.79 Å². The van der Waals surface area contributed by atoms with E-state index >= 15 is 0 Å². The Bertz CT molecular complexity index is 1090. The Morgan fingerprint density at radius 1 is 1.36 bits per heavy atom. The lowest BCUT2D eigenvalue weighted by atomic mass is 9.94. The van der Waals surface area contributed by atoms with E-state index in [1.807, 2.05) is 38.1 Å². The van der Waals surface area contributed by atoms with Crippen LogP contribution in [0.25, 0.3) is 15.9 Å². The molecule has 1 aliphatic heterocycles. The molecule has 0 spiro atoms. The molecule has 1 aliphatic rings. The number of aromatic nitrogens is 2. The Hall–Kier alpha value is -1.96. The van der Waals surface area contributed by atoms with Gasteiger partial charge in [0.2, 0.25) is 0 Å². The van der Waals surface area contributed by atoms with Gasteiger partial charge in [-0.15, -0.1) is 11.3 Å². The van der Waals surface area contributed by atoms with Gasteiger partial charge in [-0.2, -0.15) is 0 Å². The van der Waals surface area contributed by atoms with Crippen LogP contribution in [0, 0.1) is 4.77 Å². The fourth-order valence-corrected chi connectivity index (χ4v) is 4.73.